The van der Waals surface area contributed by atoms with E-state index in [0.717, 1.165) is 14.7 Å². The molecule has 0 aliphatic carbocycles. The van der Waals surface area contributed by atoms with Gasteiger partial charge in [-0.2, -0.15) is 12.7 Å². The summed E-state index contributed by atoms with van der Waals surface area (Å²) < 4.78 is 39.8. The smallest absolute Gasteiger partial charge is 0.280 e. The van der Waals surface area contributed by atoms with Gasteiger partial charge in [-0.25, -0.2) is 4.39 Å². The van der Waals surface area contributed by atoms with Gasteiger partial charge in [0.1, 0.15) is 5.82 Å². The molecule has 1 aromatic carbocycles. The van der Waals surface area contributed by atoms with Crippen LogP contribution in [0.2, 0.25) is 0 Å². The molecule has 1 aliphatic heterocycles. The third-order valence-electron chi connectivity index (χ3n) is 2.77. The van der Waals surface area contributed by atoms with E-state index in [-0.39, 0.29) is 25.3 Å². The molecule has 8 heteroatoms. The van der Waals surface area contributed by atoms with Crippen LogP contribution >= 0.6 is 11.6 Å². The zero-order chi connectivity index (χ0) is 14.0. The minimum atomic E-state index is -3.83. The van der Waals surface area contributed by atoms with Crippen LogP contribution in [-0.2, 0) is 15.0 Å². The van der Waals surface area contributed by atoms with Gasteiger partial charge in [-0.15, -0.1) is 0 Å². The molecule has 0 bridgehead atoms. The Bertz CT molecular complexity index is 593. The fraction of sp³-hybridized carbons (Fsp3) is 0.364. The lowest BCUT2D eigenvalue weighted by Gasteiger charge is -2.35. The summed E-state index contributed by atoms with van der Waals surface area (Å²) in [4.78, 5) is 10.9. The molecule has 19 heavy (non-hydrogen) atoms. The predicted octanol–water partition coefficient (Wildman–Crippen LogP) is 1.35. The van der Waals surface area contributed by atoms with E-state index in [1.807, 2.05) is 0 Å². The van der Waals surface area contributed by atoms with Crippen molar-refractivity contribution in [2.75, 3.05) is 23.9 Å². The molecule has 0 saturated carbocycles. The van der Waals surface area contributed by atoms with Crippen molar-refractivity contribution in [3.8, 4) is 0 Å². The maximum Gasteiger partial charge on any atom is 0.304 e. The van der Waals surface area contributed by atoms with Crippen LogP contribution in [0, 0.1) is 5.82 Å². The Morgan fingerprint density at radius 2 is 2.11 bits per heavy atom. The topological polar surface area (TPSA) is 57.7 Å². The fourth-order valence-corrected chi connectivity index (χ4v) is 3.83. The number of carbonyl (C=O) groups excluding carboxylic acids is 1. The largest absolute Gasteiger partial charge is 0.304 e. The van der Waals surface area contributed by atoms with Gasteiger partial charge in [0.15, 0.2) is 0 Å². The van der Waals surface area contributed by atoms with Crippen LogP contribution in [0.1, 0.15) is 6.42 Å². The van der Waals surface area contributed by atoms with Gasteiger partial charge in [-0.05, 0) is 36.2 Å². The van der Waals surface area contributed by atoms with E-state index < -0.39 is 21.3 Å². The minimum Gasteiger partial charge on any atom is -0.280 e. The highest BCUT2D eigenvalue weighted by atomic mass is 35.5. The molecule has 2 rings (SSSR count). The Balaban J connectivity index is 2.33. The number of carbonyl (C=O) groups is 1. The molecule has 1 aromatic rings. The van der Waals surface area contributed by atoms with Gasteiger partial charge in [0.25, 0.3) is 0 Å². The van der Waals surface area contributed by atoms with Crippen molar-refractivity contribution in [1.29, 1.82) is 0 Å². The molecule has 0 spiro atoms. The highest BCUT2D eigenvalue weighted by Gasteiger charge is 2.34. The molecule has 0 unspecified atom stereocenters. The molecule has 0 N–H and O–H groups in total. The van der Waals surface area contributed by atoms with Gasteiger partial charge in [-0.3, -0.25) is 9.10 Å². The number of hydrogen-bond donors (Lipinski definition) is 0. The first-order chi connectivity index (χ1) is 8.91. The molecular formula is C11H12ClFN2O3S. The highest BCUT2D eigenvalue weighted by Crippen LogP contribution is 2.25. The van der Waals surface area contributed by atoms with Crippen molar-refractivity contribution in [2.24, 2.45) is 0 Å². The second-order valence-corrected chi connectivity index (χ2v) is 6.38. The second kappa shape index (κ2) is 5.44. The van der Waals surface area contributed by atoms with Gasteiger partial charge in [0.2, 0.25) is 5.24 Å². The Labute approximate surface area is 115 Å². The number of nitrogens with zero attached hydrogens (tertiary/aromatic N) is 2. The predicted molar refractivity (Wildman–Crippen MR) is 69.7 cm³/mol. The summed E-state index contributed by atoms with van der Waals surface area (Å²) in [5.41, 5.74) is 0.242. The normalized spacial score (nSPS) is 19.4. The van der Waals surface area contributed by atoms with E-state index in [2.05, 4.69) is 0 Å². The van der Waals surface area contributed by atoms with Crippen molar-refractivity contribution < 1.29 is 17.6 Å². The van der Waals surface area contributed by atoms with E-state index in [1.165, 1.54) is 18.2 Å². The van der Waals surface area contributed by atoms with Crippen molar-refractivity contribution in [3.63, 3.8) is 0 Å². The zero-order valence-electron chi connectivity index (χ0n) is 9.92. The van der Waals surface area contributed by atoms with Crippen LogP contribution in [0.3, 0.4) is 0 Å². The lowest BCUT2D eigenvalue weighted by molar-refractivity contribution is -0.111. The van der Waals surface area contributed by atoms with E-state index >= 15 is 0 Å². The van der Waals surface area contributed by atoms with Gasteiger partial charge in [0, 0.05) is 13.1 Å². The maximum atomic E-state index is 13.2. The van der Waals surface area contributed by atoms with Crippen molar-refractivity contribution >= 4 is 32.7 Å². The van der Waals surface area contributed by atoms with Crippen molar-refractivity contribution in [1.82, 2.24) is 4.31 Å². The van der Waals surface area contributed by atoms with E-state index in [1.54, 1.807) is 0 Å². The third-order valence-corrected chi connectivity index (χ3v) is 4.80. The number of rotatable bonds is 3. The number of benzene rings is 1. The van der Waals surface area contributed by atoms with E-state index in [9.17, 15) is 17.6 Å². The average molecular weight is 307 g/mol. The van der Waals surface area contributed by atoms with Gasteiger partial charge >= 0.3 is 10.2 Å². The summed E-state index contributed by atoms with van der Waals surface area (Å²) in [7, 11) is -3.83. The molecule has 1 heterocycles. The number of anilines is 1. The molecule has 0 radical (unpaired) electrons. The highest BCUT2D eigenvalue weighted by molar-refractivity contribution is 7.90. The number of hydrogen-bond acceptors (Lipinski definition) is 3. The third kappa shape index (κ3) is 3.05. The SMILES string of the molecule is O=C(Cl)CN1CCCN(c2cccc(F)c2)S1(=O)=O. The Morgan fingerprint density at radius 1 is 1.37 bits per heavy atom. The standard InChI is InChI=1S/C11H12ClFN2O3S/c12-11(16)8-14-5-2-6-15(19(14,17)18)10-4-1-3-9(13)7-10/h1,3-4,7H,2,5-6,8H2. The second-order valence-electron chi connectivity index (χ2n) is 4.10. The first kappa shape index (κ1) is 14.2. The fourth-order valence-electron chi connectivity index (χ4n) is 1.95. The molecule has 1 fully saturated rings. The van der Waals surface area contributed by atoms with Crippen LogP contribution in [0.25, 0.3) is 0 Å². The summed E-state index contributed by atoms with van der Waals surface area (Å²) in [5.74, 6) is -0.516. The summed E-state index contributed by atoms with van der Waals surface area (Å²) in [6, 6.07) is 5.32. The molecule has 1 saturated heterocycles. The maximum absolute atomic E-state index is 13.2. The summed E-state index contributed by atoms with van der Waals surface area (Å²) >= 11 is 5.23. The quantitative estimate of drug-likeness (QED) is 0.792. The number of halogens is 2. The summed E-state index contributed by atoms with van der Waals surface area (Å²) in [5, 5.41) is -0.746. The lowest BCUT2D eigenvalue weighted by atomic mass is 10.3. The minimum absolute atomic E-state index is 0.229. The summed E-state index contributed by atoms with van der Waals surface area (Å²) in [6.45, 7) is 0.0983. The molecule has 0 atom stereocenters. The molecule has 0 amide bonds. The molecule has 5 nitrogen and oxygen atoms in total. The Kier molecular flexibility index (Phi) is 4.07. The Morgan fingerprint density at radius 3 is 2.74 bits per heavy atom. The van der Waals surface area contributed by atoms with Crippen molar-refractivity contribution in [3.05, 3.63) is 30.1 Å². The van der Waals surface area contributed by atoms with E-state index in [0.29, 0.717) is 6.42 Å². The van der Waals surface area contributed by atoms with Crippen LogP contribution in [0.15, 0.2) is 24.3 Å². The van der Waals surface area contributed by atoms with Crippen LogP contribution in [0.4, 0.5) is 10.1 Å². The average Bonchev–Trinajstić information content (AvgIpc) is 2.31. The van der Waals surface area contributed by atoms with Crippen LogP contribution in [0.5, 0.6) is 0 Å². The lowest BCUT2D eigenvalue weighted by Crippen LogP contribution is -2.51. The first-order valence-corrected chi connectivity index (χ1v) is 7.40. The Hall–Kier alpha value is -1.18. The molecule has 1 aliphatic rings. The van der Waals surface area contributed by atoms with Gasteiger partial charge in [-0.1, -0.05) is 6.07 Å². The van der Waals surface area contributed by atoms with Gasteiger partial charge < -0.3 is 0 Å². The van der Waals surface area contributed by atoms with Crippen molar-refractivity contribution in [2.45, 2.75) is 6.42 Å². The monoisotopic (exact) mass is 306 g/mol. The van der Waals surface area contributed by atoms with Crippen LogP contribution in [-0.4, -0.2) is 37.6 Å². The molecule has 104 valence electrons. The zero-order valence-corrected chi connectivity index (χ0v) is 11.5. The van der Waals surface area contributed by atoms with Crippen LogP contribution < -0.4 is 4.31 Å². The first-order valence-electron chi connectivity index (χ1n) is 5.63. The molecule has 0 aromatic heterocycles. The molecular weight excluding hydrogens is 295 g/mol. The summed E-state index contributed by atoms with van der Waals surface area (Å²) in [6.07, 6.45) is 0.542. The van der Waals surface area contributed by atoms with Gasteiger partial charge in [0.05, 0.1) is 12.2 Å². The van der Waals surface area contributed by atoms with E-state index in [4.69, 9.17) is 11.6 Å².